The van der Waals surface area contributed by atoms with E-state index in [1.807, 2.05) is 0 Å². The molecule has 0 unspecified atom stereocenters. The van der Waals surface area contributed by atoms with Crippen LogP contribution in [0.2, 0.25) is 18.1 Å². The van der Waals surface area contributed by atoms with Gasteiger partial charge in [0.05, 0.1) is 17.1 Å². The van der Waals surface area contributed by atoms with Crippen LogP contribution in [0.25, 0.3) is 0 Å². The summed E-state index contributed by atoms with van der Waals surface area (Å²) >= 11 is 0. The van der Waals surface area contributed by atoms with Crippen LogP contribution in [0.15, 0.2) is 18.2 Å². The number of hydrogen-bond acceptors (Lipinski definition) is 4. The minimum Gasteiger partial charge on any atom is -0.543 e. The zero-order valence-electron chi connectivity index (χ0n) is 12.1. The Morgan fingerprint density at radius 3 is 2.37 bits per heavy atom. The van der Waals surface area contributed by atoms with E-state index in [0.717, 1.165) is 0 Å². The van der Waals surface area contributed by atoms with E-state index in [2.05, 4.69) is 33.9 Å². The molecule has 0 spiro atoms. The summed E-state index contributed by atoms with van der Waals surface area (Å²) in [6.07, 6.45) is 0. The number of aliphatic hydroxyl groups is 1. The molecule has 1 rings (SSSR count). The Labute approximate surface area is 114 Å². The Morgan fingerprint density at radius 2 is 1.95 bits per heavy atom. The Hall–Kier alpha value is -1.40. The lowest BCUT2D eigenvalue weighted by Crippen LogP contribution is -2.43. The second kappa shape index (κ2) is 5.30. The molecule has 0 aliphatic heterocycles. The van der Waals surface area contributed by atoms with Crippen molar-refractivity contribution in [2.24, 2.45) is 0 Å². The number of nitro groups is 1. The average Bonchev–Trinajstić information content (AvgIpc) is 2.26. The Kier molecular flexibility index (Phi) is 4.37. The summed E-state index contributed by atoms with van der Waals surface area (Å²) in [7, 11) is -1.98. The van der Waals surface area contributed by atoms with Crippen LogP contribution in [0.1, 0.15) is 26.3 Å². The second-order valence-electron chi connectivity index (χ2n) is 6.07. The molecule has 0 atom stereocenters. The van der Waals surface area contributed by atoms with Gasteiger partial charge in [-0.2, -0.15) is 0 Å². The molecule has 106 valence electrons. The molecule has 6 heteroatoms. The molecule has 0 bridgehead atoms. The maximum atomic E-state index is 10.8. The van der Waals surface area contributed by atoms with Crippen LogP contribution in [-0.2, 0) is 6.61 Å². The maximum Gasteiger partial charge on any atom is 0.275 e. The van der Waals surface area contributed by atoms with Gasteiger partial charge < -0.3 is 9.53 Å². The molecule has 1 aromatic carbocycles. The summed E-state index contributed by atoms with van der Waals surface area (Å²) in [5.74, 6) is 0.584. The number of aliphatic hydroxyl groups excluding tert-OH is 1. The van der Waals surface area contributed by atoms with Gasteiger partial charge >= 0.3 is 0 Å². The molecule has 0 heterocycles. The SMILES string of the molecule is CC(C)(C)[Si](C)(C)Oc1ccc([N+](=O)[O-])c(CO)c1. The first-order valence-electron chi connectivity index (χ1n) is 6.15. The first-order valence-corrected chi connectivity index (χ1v) is 9.06. The Balaban J connectivity index is 3.08. The van der Waals surface area contributed by atoms with Crippen molar-refractivity contribution in [1.29, 1.82) is 0 Å². The van der Waals surface area contributed by atoms with Crippen molar-refractivity contribution >= 4 is 14.0 Å². The van der Waals surface area contributed by atoms with Gasteiger partial charge in [-0.15, -0.1) is 0 Å². The molecular formula is C13H21NO4Si. The molecular weight excluding hydrogens is 262 g/mol. The third-order valence-electron chi connectivity index (χ3n) is 3.60. The number of hydrogen-bond donors (Lipinski definition) is 1. The van der Waals surface area contributed by atoms with E-state index in [4.69, 9.17) is 4.43 Å². The molecule has 1 aromatic rings. The third-order valence-corrected chi connectivity index (χ3v) is 7.96. The third kappa shape index (κ3) is 3.54. The molecule has 5 nitrogen and oxygen atoms in total. The monoisotopic (exact) mass is 283 g/mol. The number of nitro benzene ring substituents is 1. The minimum atomic E-state index is -1.98. The summed E-state index contributed by atoms with van der Waals surface area (Å²) in [6.45, 7) is 10.2. The molecule has 19 heavy (non-hydrogen) atoms. The van der Waals surface area contributed by atoms with E-state index in [-0.39, 0.29) is 22.9 Å². The van der Waals surface area contributed by atoms with E-state index in [1.165, 1.54) is 6.07 Å². The van der Waals surface area contributed by atoms with E-state index < -0.39 is 13.2 Å². The fourth-order valence-electron chi connectivity index (χ4n) is 1.38. The summed E-state index contributed by atoms with van der Waals surface area (Å²) in [4.78, 5) is 10.3. The van der Waals surface area contributed by atoms with E-state index in [1.54, 1.807) is 12.1 Å². The summed E-state index contributed by atoms with van der Waals surface area (Å²) < 4.78 is 6.05. The Bertz CT molecular complexity index is 480. The average molecular weight is 283 g/mol. The first kappa shape index (κ1) is 15.7. The Morgan fingerprint density at radius 1 is 1.37 bits per heavy atom. The lowest BCUT2D eigenvalue weighted by atomic mass is 10.2. The van der Waals surface area contributed by atoms with Gasteiger partial charge in [0.15, 0.2) is 0 Å². The quantitative estimate of drug-likeness (QED) is 0.521. The van der Waals surface area contributed by atoms with Crippen LogP contribution >= 0.6 is 0 Å². The summed E-state index contributed by atoms with van der Waals surface area (Å²) in [5.41, 5.74) is 0.200. The van der Waals surface area contributed by atoms with Crippen LogP contribution in [0.5, 0.6) is 5.75 Å². The van der Waals surface area contributed by atoms with Crippen LogP contribution in [-0.4, -0.2) is 18.3 Å². The van der Waals surface area contributed by atoms with Gasteiger partial charge in [-0.05, 0) is 30.3 Å². The number of nitrogens with zero attached hydrogens (tertiary/aromatic N) is 1. The predicted octanol–water partition coefficient (Wildman–Crippen LogP) is 3.47. The molecule has 0 amide bonds. The van der Waals surface area contributed by atoms with Crippen molar-refractivity contribution in [3.05, 3.63) is 33.9 Å². The highest BCUT2D eigenvalue weighted by Crippen LogP contribution is 2.38. The van der Waals surface area contributed by atoms with Crippen molar-refractivity contribution in [2.45, 2.75) is 45.5 Å². The highest BCUT2D eigenvalue weighted by Gasteiger charge is 2.39. The molecule has 0 aromatic heterocycles. The van der Waals surface area contributed by atoms with Gasteiger partial charge in [0.1, 0.15) is 5.75 Å². The van der Waals surface area contributed by atoms with Crippen molar-refractivity contribution < 1.29 is 14.5 Å². The normalized spacial score (nSPS) is 12.3. The fourth-order valence-corrected chi connectivity index (χ4v) is 2.40. The molecule has 0 aliphatic rings. The van der Waals surface area contributed by atoms with E-state index >= 15 is 0 Å². The zero-order chi connectivity index (χ0) is 14.8. The fraction of sp³-hybridized carbons (Fsp3) is 0.538. The maximum absolute atomic E-state index is 10.8. The second-order valence-corrected chi connectivity index (χ2v) is 10.8. The van der Waals surface area contributed by atoms with E-state index in [0.29, 0.717) is 5.75 Å². The lowest BCUT2D eigenvalue weighted by molar-refractivity contribution is -0.385. The van der Waals surface area contributed by atoms with E-state index in [9.17, 15) is 15.2 Å². The molecule has 0 saturated carbocycles. The zero-order valence-corrected chi connectivity index (χ0v) is 13.1. The van der Waals surface area contributed by atoms with Gasteiger partial charge in [-0.3, -0.25) is 10.1 Å². The molecule has 0 radical (unpaired) electrons. The van der Waals surface area contributed by atoms with Crippen molar-refractivity contribution in [1.82, 2.24) is 0 Å². The summed E-state index contributed by atoms with van der Waals surface area (Å²) in [6, 6.07) is 4.53. The van der Waals surface area contributed by atoms with Crippen molar-refractivity contribution in [3.63, 3.8) is 0 Å². The molecule has 0 saturated heterocycles. The molecule has 1 N–H and O–H groups in total. The number of rotatable bonds is 4. The van der Waals surface area contributed by atoms with Gasteiger partial charge in [0.25, 0.3) is 5.69 Å². The van der Waals surface area contributed by atoms with Gasteiger partial charge in [-0.25, -0.2) is 0 Å². The van der Waals surface area contributed by atoms with Crippen LogP contribution in [0.3, 0.4) is 0 Å². The highest BCUT2D eigenvalue weighted by molar-refractivity contribution is 6.74. The number of benzene rings is 1. The van der Waals surface area contributed by atoms with Crippen molar-refractivity contribution in [3.8, 4) is 5.75 Å². The van der Waals surface area contributed by atoms with Crippen LogP contribution < -0.4 is 4.43 Å². The lowest BCUT2D eigenvalue weighted by Gasteiger charge is -2.36. The van der Waals surface area contributed by atoms with Crippen LogP contribution in [0, 0.1) is 10.1 Å². The van der Waals surface area contributed by atoms with Gasteiger partial charge in [0, 0.05) is 6.07 Å². The largest absolute Gasteiger partial charge is 0.543 e. The van der Waals surface area contributed by atoms with Crippen LogP contribution in [0.4, 0.5) is 5.69 Å². The molecule has 0 fully saturated rings. The minimum absolute atomic E-state index is 0.0498. The van der Waals surface area contributed by atoms with Gasteiger partial charge in [-0.1, -0.05) is 20.8 Å². The standard InChI is InChI=1S/C13H21NO4Si/c1-13(2,3)19(4,5)18-11-6-7-12(14(16)17)10(8-11)9-15/h6-8,15H,9H2,1-5H3. The highest BCUT2D eigenvalue weighted by atomic mass is 28.4. The van der Waals surface area contributed by atoms with Gasteiger partial charge in [0.2, 0.25) is 8.32 Å². The topological polar surface area (TPSA) is 72.6 Å². The van der Waals surface area contributed by atoms with Crippen molar-refractivity contribution in [2.75, 3.05) is 0 Å². The molecule has 0 aliphatic carbocycles. The smallest absolute Gasteiger partial charge is 0.275 e. The summed E-state index contributed by atoms with van der Waals surface area (Å²) in [5, 5.41) is 20.0. The predicted molar refractivity (Wildman–Crippen MR) is 76.8 cm³/mol. The first-order chi connectivity index (χ1) is 8.58.